The van der Waals surface area contributed by atoms with E-state index in [0.717, 1.165) is 17.3 Å². The molecule has 0 saturated carbocycles. The molecule has 0 aliphatic rings. The Hall–Kier alpha value is -2.30. The van der Waals surface area contributed by atoms with Crippen LogP contribution in [0.1, 0.15) is 5.89 Å². The molecule has 5 heteroatoms. The van der Waals surface area contributed by atoms with E-state index in [9.17, 15) is 0 Å². The topological polar surface area (TPSA) is 44.9 Å². The SMILES string of the molecule is CN(C)C(=NCc1ncc(-c2ccccc2)o1)N(C)C. The summed E-state index contributed by atoms with van der Waals surface area (Å²) < 4.78 is 5.72. The molecule has 0 bridgehead atoms. The number of nitrogens with zero attached hydrogens (tertiary/aromatic N) is 4. The van der Waals surface area contributed by atoms with Gasteiger partial charge in [0, 0.05) is 33.8 Å². The fourth-order valence-electron chi connectivity index (χ4n) is 1.94. The van der Waals surface area contributed by atoms with Crippen LogP contribution in [-0.4, -0.2) is 48.9 Å². The summed E-state index contributed by atoms with van der Waals surface area (Å²) in [5.41, 5.74) is 1.02. The second-order valence-electron chi connectivity index (χ2n) is 4.89. The highest BCUT2D eigenvalue weighted by molar-refractivity contribution is 5.79. The van der Waals surface area contributed by atoms with E-state index >= 15 is 0 Å². The lowest BCUT2D eigenvalue weighted by Crippen LogP contribution is -2.35. The Bertz CT molecular complexity index is 563. The number of rotatable bonds is 3. The minimum Gasteiger partial charge on any atom is -0.439 e. The first-order chi connectivity index (χ1) is 9.58. The lowest BCUT2D eigenvalue weighted by Gasteiger charge is -2.22. The standard InChI is InChI=1S/C15H20N4O/c1-18(2)15(19(3)4)17-11-14-16-10-13(20-14)12-8-6-5-7-9-12/h5-10H,11H2,1-4H3. The van der Waals surface area contributed by atoms with E-state index in [2.05, 4.69) is 9.98 Å². The Morgan fingerprint density at radius 2 is 1.75 bits per heavy atom. The van der Waals surface area contributed by atoms with E-state index in [-0.39, 0.29) is 0 Å². The molecule has 0 saturated heterocycles. The van der Waals surface area contributed by atoms with E-state index in [1.54, 1.807) is 6.20 Å². The van der Waals surface area contributed by atoms with Gasteiger partial charge in [0.15, 0.2) is 11.7 Å². The Morgan fingerprint density at radius 3 is 2.35 bits per heavy atom. The van der Waals surface area contributed by atoms with Gasteiger partial charge in [-0.25, -0.2) is 9.98 Å². The van der Waals surface area contributed by atoms with Gasteiger partial charge in [0.1, 0.15) is 6.54 Å². The van der Waals surface area contributed by atoms with Crippen molar-refractivity contribution >= 4 is 5.96 Å². The van der Waals surface area contributed by atoms with Crippen molar-refractivity contribution in [3.8, 4) is 11.3 Å². The quantitative estimate of drug-likeness (QED) is 0.635. The zero-order valence-electron chi connectivity index (χ0n) is 12.4. The van der Waals surface area contributed by atoms with Gasteiger partial charge in [0.05, 0.1) is 6.20 Å². The molecule has 0 radical (unpaired) electrons. The molecule has 0 amide bonds. The molecular formula is C15H20N4O. The molecule has 2 aromatic rings. The van der Waals surface area contributed by atoms with Gasteiger partial charge in [-0.1, -0.05) is 30.3 Å². The van der Waals surface area contributed by atoms with Crippen molar-refractivity contribution < 1.29 is 4.42 Å². The first-order valence-corrected chi connectivity index (χ1v) is 6.47. The number of hydrogen-bond donors (Lipinski definition) is 0. The molecule has 1 heterocycles. The zero-order chi connectivity index (χ0) is 14.5. The molecule has 0 spiro atoms. The number of hydrogen-bond acceptors (Lipinski definition) is 3. The van der Waals surface area contributed by atoms with Gasteiger partial charge in [0.25, 0.3) is 0 Å². The summed E-state index contributed by atoms with van der Waals surface area (Å²) in [5.74, 6) is 2.27. The molecule has 0 unspecified atom stereocenters. The number of benzene rings is 1. The second-order valence-corrected chi connectivity index (χ2v) is 4.89. The second kappa shape index (κ2) is 6.23. The van der Waals surface area contributed by atoms with Crippen molar-refractivity contribution in [2.24, 2.45) is 4.99 Å². The van der Waals surface area contributed by atoms with Crippen LogP contribution in [0.5, 0.6) is 0 Å². The van der Waals surface area contributed by atoms with Crippen LogP contribution in [0.2, 0.25) is 0 Å². The summed E-state index contributed by atoms with van der Waals surface area (Å²) in [4.78, 5) is 12.7. The van der Waals surface area contributed by atoms with E-state index < -0.39 is 0 Å². The maximum Gasteiger partial charge on any atom is 0.216 e. The molecule has 1 aromatic heterocycles. The number of aromatic nitrogens is 1. The van der Waals surface area contributed by atoms with E-state index in [1.165, 1.54) is 0 Å². The van der Waals surface area contributed by atoms with Crippen LogP contribution in [0.4, 0.5) is 0 Å². The van der Waals surface area contributed by atoms with Crippen LogP contribution in [0.25, 0.3) is 11.3 Å². The maximum absolute atomic E-state index is 5.72. The first-order valence-electron chi connectivity index (χ1n) is 6.47. The lowest BCUT2D eigenvalue weighted by atomic mass is 10.2. The fraction of sp³-hybridized carbons (Fsp3) is 0.333. The molecule has 5 nitrogen and oxygen atoms in total. The van der Waals surface area contributed by atoms with Gasteiger partial charge in [-0.05, 0) is 0 Å². The predicted octanol–water partition coefficient (Wildman–Crippen LogP) is 2.32. The van der Waals surface area contributed by atoms with E-state index in [4.69, 9.17) is 4.42 Å². The molecule has 106 valence electrons. The third-order valence-corrected chi connectivity index (χ3v) is 2.77. The molecule has 0 atom stereocenters. The molecule has 0 aliphatic carbocycles. The van der Waals surface area contributed by atoms with Gasteiger partial charge < -0.3 is 14.2 Å². The summed E-state index contributed by atoms with van der Waals surface area (Å²) in [6.45, 7) is 0.429. The molecule has 20 heavy (non-hydrogen) atoms. The van der Waals surface area contributed by atoms with E-state index in [1.807, 2.05) is 68.3 Å². The third kappa shape index (κ3) is 3.38. The van der Waals surface area contributed by atoms with Crippen molar-refractivity contribution in [1.29, 1.82) is 0 Å². The van der Waals surface area contributed by atoms with Crippen molar-refractivity contribution in [3.05, 3.63) is 42.4 Å². The highest BCUT2D eigenvalue weighted by Gasteiger charge is 2.08. The molecule has 0 aliphatic heterocycles. The van der Waals surface area contributed by atoms with Crippen molar-refractivity contribution in [1.82, 2.24) is 14.8 Å². The fourth-order valence-corrected chi connectivity index (χ4v) is 1.94. The summed E-state index contributed by atoms with van der Waals surface area (Å²) in [6, 6.07) is 9.93. The average molecular weight is 272 g/mol. The van der Waals surface area contributed by atoms with Gasteiger partial charge in [-0.15, -0.1) is 0 Å². The van der Waals surface area contributed by atoms with Gasteiger partial charge in [-0.3, -0.25) is 0 Å². The van der Waals surface area contributed by atoms with Gasteiger partial charge >= 0.3 is 0 Å². The molecular weight excluding hydrogens is 252 g/mol. The van der Waals surface area contributed by atoms with Crippen molar-refractivity contribution in [3.63, 3.8) is 0 Å². The van der Waals surface area contributed by atoms with Crippen LogP contribution in [0, 0.1) is 0 Å². The minimum absolute atomic E-state index is 0.429. The zero-order valence-corrected chi connectivity index (χ0v) is 12.4. The molecule has 0 fully saturated rings. The third-order valence-electron chi connectivity index (χ3n) is 2.77. The van der Waals surface area contributed by atoms with Crippen LogP contribution >= 0.6 is 0 Å². The molecule has 1 aromatic carbocycles. The van der Waals surface area contributed by atoms with Gasteiger partial charge in [0.2, 0.25) is 5.89 Å². The summed E-state index contributed by atoms with van der Waals surface area (Å²) in [7, 11) is 7.85. The maximum atomic E-state index is 5.72. The highest BCUT2D eigenvalue weighted by Crippen LogP contribution is 2.19. The van der Waals surface area contributed by atoms with Crippen LogP contribution in [0.15, 0.2) is 45.9 Å². The summed E-state index contributed by atoms with van der Waals surface area (Å²) in [6.07, 6.45) is 1.74. The Morgan fingerprint density at radius 1 is 1.10 bits per heavy atom. The smallest absolute Gasteiger partial charge is 0.216 e. The minimum atomic E-state index is 0.429. The van der Waals surface area contributed by atoms with E-state index in [0.29, 0.717) is 12.4 Å². The Labute approximate surface area is 119 Å². The van der Waals surface area contributed by atoms with Crippen LogP contribution in [0.3, 0.4) is 0 Å². The largest absolute Gasteiger partial charge is 0.439 e. The first kappa shape index (κ1) is 14.1. The Kier molecular flexibility index (Phi) is 4.40. The summed E-state index contributed by atoms with van der Waals surface area (Å²) in [5, 5.41) is 0. The van der Waals surface area contributed by atoms with Crippen molar-refractivity contribution in [2.75, 3.05) is 28.2 Å². The normalized spacial score (nSPS) is 10.2. The number of oxazole rings is 1. The molecule has 0 N–H and O–H groups in total. The van der Waals surface area contributed by atoms with Crippen LogP contribution < -0.4 is 0 Å². The monoisotopic (exact) mass is 272 g/mol. The Balaban J connectivity index is 2.12. The highest BCUT2D eigenvalue weighted by atomic mass is 16.4. The lowest BCUT2D eigenvalue weighted by molar-refractivity contribution is 0.468. The predicted molar refractivity (Wildman–Crippen MR) is 80.5 cm³/mol. The van der Waals surface area contributed by atoms with Crippen LogP contribution in [-0.2, 0) is 6.54 Å². The number of guanidine groups is 1. The van der Waals surface area contributed by atoms with Gasteiger partial charge in [-0.2, -0.15) is 0 Å². The average Bonchev–Trinajstić information content (AvgIpc) is 2.88. The molecule has 2 rings (SSSR count). The van der Waals surface area contributed by atoms with Crippen molar-refractivity contribution in [2.45, 2.75) is 6.54 Å². The number of aliphatic imine (C=N–C) groups is 1. The summed E-state index contributed by atoms with van der Waals surface area (Å²) >= 11 is 0.